The van der Waals surface area contributed by atoms with Crippen LogP contribution >= 0.6 is 0 Å². The second kappa shape index (κ2) is 5.24. The molecule has 0 aliphatic heterocycles. The molecule has 87 valence electrons. The zero-order chi connectivity index (χ0) is 11.7. The van der Waals surface area contributed by atoms with Gasteiger partial charge in [0.05, 0.1) is 5.97 Å². The standard InChI is InChI=1S/C11H11N2O3.Cr/c12-9(11(15)16)3-6-5-13-10-2-1-7(14)4-8(6)10;/h1-2,4-5,9,14H,3,12H2,(H,15,16);/q-1;+3/p-2/t9-;/m0./s1. The van der Waals surface area contributed by atoms with Crippen molar-refractivity contribution >= 4 is 16.9 Å². The Bertz CT molecular complexity index is 538. The number of hydrogen-bond donors (Lipinski definition) is 1. The van der Waals surface area contributed by atoms with Crippen LogP contribution in [-0.4, -0.2) is 12.0 Å². The summed E-state index contributed by atoms with van der Waals surface area (Å²) in [6, 6.07) is 3.37. The van der Waals surface area contributed by atoms with Gasteiger partial charge in [-0.1, -0.05) is 23.8 Å². The van der Waals surface area contributed by atoms with Gasteiger partial charge in [-0.25, -0.2) is 0 Å². The minimum atomic E-state index is -1.31. The molecule has 0 fully saturated rings. The fourth-order valence-electron chi connectivity index (χ4n) is 1.58. The van der Waals surface area contributed by atoms with Crippen molar-refractivity contribution in [1.29, 1.82) is 0 Å². The molecule has 1 atom stereocenters. The number of aromatic nitrogens is 1. The van der Waals surface area contributed by atoms with E-state index in [1.54, 1.807) is 6.07 Å². The smallest absolute Gasteiger partial charge is 0.872 e. The van der Waals surface area contributed by atoms with Crippen LogP contribution in [0.1, 0.15) is 5.56 Å². The number of carboxylic acid groups (broad SMARTS) is 1. The molecule has 0 amide bonds. The summed E-state index contributed by atoms with van der Waals surface area (Å²) in [5.41, 5.74) is 6.69. The monoisotopic (exact) mass is 269 g/mol. The molecule has 0 unspecified atom stereocenters. The van der Waals surface area contributed by atoms with Crippen LogP contribution in [0.5, 0.6) is 5.75 Å². The number of rotatable bonds is 3. The van der Waals surface area contributed by atoms with Gasteiger partial charge in [-0.2, -0.15) is 6.20 Å². The Morgan fingerprint density at radius 1 is 1.47 bits per heavy atom. The van der Waals surface area contributed by atoms with Gasteiger partial charge in [-0.15, -0.1) is 11.3 Å². The van der Waals surface area contributed by atoms with E-state index in [-0.39, 0.29) is 29.5 Å². The van der Waals surface area contributed by atoms with Gasteiger partial charge in [0.1, 0.15) is 0 Å². The largest absolute Gasteiger partial charge is 3.00 e. The van der Waals surface area contributed by atoms with Gasteiger partial charge in [0.15, 0.2) is 0 Å². The Hall–Kier alpha value is -1.48. The van der Waals surface area contributed by atoms with E-state index in [0.29, 0.717) is 16.5 Å². The zero-order valence-electron chi connectivity index (χ0n) is 8.75. The molecular weight excluding hydrogens is 260 g/mol. The first-order chi connectivity index (χ1) is 7.58. The number of carbonyl (C=O) groups excluding carboxylic acids is 1. The predicted molar refractivity (Wildman–Crippen MR) is 53.4 cm³/mol. The molecule has 6 heteroatoms. The van der Waals surface area contributed by atoms with Crippen LogP contribution in [-0.2, 0) is 28.6 Å². The number of carbonyl (C=O) groups is 1. The normalized spacial score (nSPS) is 12.1. The van der Waals surface area contributed by atoms with E-state index < -0.39 is 12.0 Å². The van der Waals surface area contributed by atoms with Crippen LogP contribution in [0.3, 0.4) is 0 Å². The summed E-state index contributed by atoms with van der Waals surface area (Å²) in [4.78, 5) is 14.6. The molecule has 1 radical (unpaired) electrons. The summed E-state index contributed by atoms with van der Waals surface area (Å²) in [6.07, 6.45) is 1.65. The molecule has 2 rings (SSSR count). The second-order valence-corrected chi connectivity index (χ2v) is 3.59. The minimum Gasteiger partial charge on any atom is -0.872 e. The number of benzene rings is 1. The molecule has 1 heterocycles. The van der Waals surface area contributed by atoms with E-state index in [0.717, 1.165) is 0 Å². The van der Waals surface area contributed by atoms with Crippen molar-refractivity contribution in [2.24, 2.45) is 5.73 Å². The Morgan fingerprint density at radius 3 is 2.82 bits per heavy atom. The van der Waals surface area contributed by atoms with Crippen LogP contribution < -0.4 is 20.9 Å². The van der Waals surface area contributed by atoms with E-state index in [2.05, 4.69) is 4.98 Å². The number of hydrogen-bond acceptors (Lipinski definition) is 4. The second-order valence-electron chi connectivity index (χ2n) is 3.59. The summed E-state index contributed by atoms with van der Waals surface area (Å²) >= 11 is 0. The van der Waals surface area contributed by atoms with Gasteiger partial charge in [-0.05, 0) is 11.8 Å². The van der Waals surface area contributed by atoms with Crippen LogP contribution in [0, 0.1) is 0 Å². The summed E-state index contributed by atoms with van der Waals surface area (Å²) in [5, 5.41) is 22.3. The van der Waals surface area contributed by atoms with Crippen molar-refractivity contribution in [3.63, 3.8) is 0 Å². The SMILES string of the molecule is N[C@@H](Cc1c[n-]c2ccc([O-])cc12)C(=O)[O-].[Cr+3]. The Balaban J connectivity index is 0.00000144. The van der Waals surface area contributed by atoms with E-state index in [1.165, 1.54) is 18.3 Å². The first-order valence-corrected chi connectivity index (χ1v) is 4.75. The quantitative estimate of drug-likeness (QED) is 0.729. The number of aliphatic carboxylic acids is 1. The van der Waals surface area contributed by atoms with Crippen molar-refractivity contribution < 1.29 is 32.4 Å². The summed E-state index contributed by atoms with van der Waals surface area (Å²) in [6.45, 7) is 0. The third-order valence-corrected chi connectivity index (χ3v) is 2.42. The minimum absolute atomic E-state index is 0. The van der Waals surface area contributed by atoms with Crippen LogP contribution in [0.15, 0.2) is 24.4 Å². The third kappa shape index (κ3) is 2.80. The fourth-order valence-corrected chi connectivity index (χ4v) is 1.58. The Kier molecular flexibility index (Phi) is 4.18. The van der Waals surface area contributed by atoms with Crippen molar-refractivity contribution in [2.45, 2.75) is 12.5 Å². The van der Waals surface area contributed by atoms with Crippen molar-refractivity contribution in [3.8, 4) is 5.75 Å². The molecule has 2 aromatic rings. The van der Waals surface area contributed by atoms with Gasteiger partial charge in [0, 0.05) is 6.04 Å². The molecule has 0 aliphatic rings. The van der Waals surface area contributed by atoms with Gasteiger partial charge in [-0.3, -0.25) is 0 Å². The maximum absolute atomic E-state index is 11.2. The maximum atomic E-state index is 11.2. The summed E-state index contributed by atoms with van der Waals surface area (Å²) in [7, 11) is 0. The van der Waals surface area contributed by atoms with Gasteiger partial charge >= 0.3 is 17.4 Å². The average molecular weight is 269 g/mol. The van der Waals surface area contributed by atoms with E-state index >= 15 is 0 Å². The molecule has 0 saturated carbocycles. The van der Waals surface area contributed by atoms with Crippen molar-refractivity contribution in [2.75, 3.05) is 0 Å². The third-order valence-electron chi connectivity index (χ3n) is 2.42. The fraction of sp³-hybridized carbons (Fsp3) is 0.182. The average Bonchev–Trinajstić information content (AvgIpc) is 2.61. The molecular formula is C11H9CrN2O3. The van der Waals surface area contributed by atoms with Crippen molar-refractivity contribution in [3.05, 3.63) is 30.0 Å². The number of nitrogens with zero attached hydrogens (tertiary/aromatic N) is 1. The van der Waals surface area contributed by atoms with Crippen LogP contribution in [0.4, 0.5) is 0 Å². The molecule has 0 bridgehead atoms. The Morgan fingerprint density at radius 2 is 2.18 bits per heavy atom. The zero-order valence-corrected chi connectivity index (χ0v) is 10.0. The summed E-state index contributed by atoms with van der Waals surface area (Å²) < 4.78 is 0. The molecule has 2 N–H and O–H groups in total. The molecule has 0 spiro atoms. The van der Waals surface area contributed by atoms with E-state index in [9.17, 15) is 15.0 Å². The van der Waals surface area contributed by atoms with Crippen LogP contribution in [0.2, 0.25) is 0 Å². The molecule has 17 heavy (non-hydrogen) atoms. The van der Waals surface area contributed by atoms with E-state index in [1.807, 2.05) is 0 Å². The van der Waals surface area contributed by atoms with Gasteiger partial charge in [0.25, 0.3) is 0 Å². The maximum Gasteiger partial charge on any atom is 3.00 e. The number of fused-ring (bicyclic) bond motifs is 1. The molecule has 1 aromatic carbocycles. The van der Waals surface area contributed by atoms with Crippen LogP contribution in [0.25, 0.3) is 10.9 Å². The molecule has 0 aliphatic carbocycles. The molecule has 0 saturated heterocycles. The van der Waals surface area contributed by atoms with Crippen molar-refractivity contribution in [1.82, 2.24) is 4.98 Å². The topological polar surface area (TPSA) is 103 Å². The number of nitrogens with two attached hydrogens (primary N) is 1. The first-order valence-electron chi connectivity index (χ1n) is 4.75. The first kappa shape index (κ1) is 13.6. The number of carboxylic acids is 1. The Labute approximate surface area is 108 Å². The summed E-state index contributed by atoms with van der Waals surface area (Å²) in [5.74, 6) is -1.45. The van der Waals surface area contributed by atoms with Gasteiger partial charge < -0.3 is 25.7 Å². The van der Waals surface area contributed by atoms with Gasteiger partial charge in [0.2, 0.25) is 0 Å². The van der Waals surface area contributed by atoms with E-state index in [4.69, 9.17) is 5.73 Å². The molecule has 5 nitrogen and oxygen atoms in total. The molecule has 1 aromatic heterocycles. The predicted octanol–water partition coefficient (Wildman–Crippen LogP) is -1.51.